The van der Waals surface area contributed by atoms with Gasteiger partial charge in [0.2, 0.25) is 0 Å². The second kappa shape index (κ2) is 7.33. The van der Waals surface area contributed by atoms with Crippen LogP contribution in [-0.4, -0.2) is 17.6 Å². The van der Waals surface area contributed by atoms with E-state index >= 15 is 0 Å². The molecule has 0 spiro atoms. The molecule has 0 aromatic heterocycles. The van der Waals surface area contributed by atoms with E-state index in [4.69, 9.17) is 10.9 Å². The van der Waals surface area contributed by atoms with Gasteiger partial charge < -0.3 is 16.3 Å². The van der Waals surface area contributed by atoms with E-state index in [1.165, 1.54) is 5.56 Å². The molecule has 0 fully saturated rings. The van der Waals surface area contributed by atoms with E-state index in [1.807, 2.05) is 42.5 Å². The van der Waals surface area contributed by atoms with Gasteiger partial charge in [-0.05, 0) is 29.7 Å². The highest BCUT2D eigenvalue weighted by molar-refractivity contribution is 5.87. The van der Waals surface area contributed by atoms with Gasteiger partial charge in [-0.1, -0.05) is 54.5 Å². The van der Waals surface area contributed by atoms with Crippen LogP contribution in [0.5, 0.6) is 0 Å². The van der Waals surface area contributed by atoms with Crippen molar-refractivity contribution in [3.8, 4) is 0 Å². The summed E-state index contributed by atoms with van der Waals surface area (Å²) in [6, 6.07) is 18.1. The van der Waals surface area contributed by atoms with Crippen LogP contribution in [0.1, 0.15) is 24.0 Å². The standard InChI is InChI=1S/C17H21N3O/c1-2-13-7-6-10-15(11-13)19-12-16(17(18)20-21)14-8-4-3-5-9-14/h3-11,16,19,21H,2,12H2,1H3,(H2,18,20). The van der Waals surface area contributed by atoms with E-state index in [0.717, 1.165) is 17.7 Å². The maximum Gasteiger partial charge on any atom is 0.148 e. The van der Waals surface area contributed by atoms with Crippen molar-refractivity contribution >= 4 is 11.5 Å². The molecule has 2 rings (SSSR count). The summed E-state index contributed by atoms with van der Waals surface area (Å²) in [7, 11) is 0. The van der Waals surface area contributed by atoms with E-state index in [1.54, 1.807) is 0 Å². The zero-order valence-electron chi connectivity index (χ0n) is 12.2. The third-order valence-electron chi connectivity index (χ3n) is 3.52. The molecule has 1 atom stereocenters. The summed E-state index contributed by atoms with van der Waals surface area (Å²) >= 11 is 0. The number of amidine groups is 1. The molecule has 4 heteroatoms. The summed E-state index contributed by atoms with van der Waals surface area (Å²) in [6.45, 7) is 2.70. The van der Waals surface area contributed by atoms with Crippen molar-refractivity contribution in [3.63, 3.8) is 0 Å². The first kappa shape index (κ1) is 14.9. The molecule has 4 nitrogen and oxygen atoms in total. The van der Waals surface area contributed by atoms with Gasteiger partial charge in [0, 0.05) is 12.2 Å². The lowest BCUT2D eigenvalue weighted by Gasteiger charge is -2.17. The number of oxime groups is 1. The number of hydrogen-bond acceptors (Lipinski definition) is 3. The number of aryl methyl sites for hydroxylation is 1. The highest BCUT2D eigenvalue weighted by atomic mass is 16.4. The van der Waals surface area contributed by atoms with E-state index < -0.39 is 0 Å². The maximum atomic E-state index is 8.98. The summed E-state index contributed by atoms with van der Waals surface area (Å²) in [4.78, 5) is 0. The number of anilines is 1. The molecule has 0 amide bonds. The minimum atomic E-state index is -0.165. The van der Waals surface area contributed by atoms with Gasteiger partial charge in [-0.25, -0.2) is 0 Å². The van der Waals surface area contributed by atoms with Gasteiger partial charge in [-0.2, -0.15) is 0 Å². The second-order valence-corrected chi connectivity index (χ2v) is 4.92. The molecule has 21 heavy (non-hydrogen) atoms. The molecule has 0 saturated heterocycles. The molecule has 0 heterocycles. The lowest BCUT2D eigenvalue weighted by atomic mass is 9.98. The van der Waals surface area contributed by atoms with Crippen LogP contribution in [0.4, 0.5) is 5.69 Å². The van der Waals surface area contributed by atoms with E-state index in [9.17, 15) is 0 Å². The monoisotopic (exact) mass is 283 g/mol. The molecule has 1 unspecified atom stereocenters. The summed E-state index contributed by atoms with van der Waals surface area (Å²) in [5.41, 5.74) is 9.17. The number of rotatable bonds is 6. The highest BCUT2D eigenvalue weighted by Gasteiger charge is 2.16. The van der Waals surface area contributed by atoms with Crippen molar-refractivity contribution in [3.05, 3.63) is 65.7 Å². The van der Waals surface area contributed by atoms with Crippen LogP contribution in [0.15, 0.2) is 59.8 Å². The Bertz CT molecular complexity index is 596. The van der Waals surface area contributed by atoms with Gasteiger partial charge >= 0.3 is 0 Å². The Morgan fingerprint density at radius 1 is 1.19 bits per heavy atom. The van der Waals surface area contributed by atoms with Crippen LogP contribution in [-0.2, 0) is 6.42 Å². The van der Waals surface area contributed by atoms with Crippen molar-refractivity contribution in [1.82, 2.24) is 0 Å². The largest absolute Gasteiger partial charge is 0.409 e. The van der Waals surface area contributed by atoms with Crippen molar-refractivity contribution in [1.29, 1.82) is 0 Å². The number of benzene rings is 2. The van der Waals surface area contributed by atoms with Gasteiger partial charge in [-0.3, -0.25) is 0 Å². The molecular formula is C17H21N3O. The summed E-state index contributed by atoms with van der Waals surface area (Å²) in [5, 5.41) is 15.5. The lowest BCUT2D eigenvalue weighted by molar-refractivity contribution is 0.316. The molecule has 2 aromatic carbocycles. The molecule has 110 valence electrons. The van der Waals surface area contributed by atoms with Crippen molar-refractivity contribution in [2.24, 2.45) is 10.9 Å². The predicted octanol–water partition coefficient (Wildman–Crippen LogP) is 3.19. The predicted molar refractivity (Wildman–Crippen MR) is 86.9 cm³/mol. The van der Waals surface area contributed by atoms with Crippen LogP contribution in [0.2, 0.25) is 0 Å². The topological polar surface area (TPSA) is 70.6 Å². The summed E-state index contributed by atoms with van der Waals surface area (Å²) in [5.74, 6) is 0.0434. The quantitative estimate of drug-likeness (QED) is 0.330. The third-order valence-corrected chi connectivity index (χ3v) is 3.52. The highest BCUT2D eigenvalue weighted by Crippen LogP contribution is 2.18. The molecule has 0 aliphatic carbocycles. The molecule has 0 aliphatic rings. The molecule has 0 saturated carbocycles. The first-order valence-electron chi connectivity index (χ1n) is 7.09. The van der Waals surface area contributed by atoms with E-state index in [0.29, 0.717) is 6.54 Å². The van der Waals surface area contributed by atoms with E-state index in [-0.39, 0.29) is 11.8 Å². The Kier molecular flexibility index (Phi) is 5.21. The van der Waals surface area contributed by atoms with Crippen LogP contribution in [0.3, 0.4) is 0 Å². The van der Waals surface area contributed by atoms with Crippen LogP contribution in [0.25, 0.3) is 0 Å². The number of nitrogens with one attached hydrogen (secondary N) is 1. The van der Waals surface area contributed by atoms with Gasteiger partial charge in [0.15, 0.2) is 0 Å². The van der Waals surface area contributed by atoms with Gasteiger partial charge in [0.1, 0.15) is 5.84 Å². The van der Waals surface area contributed by atoms with Crippen LogP contribution in [0, 0.1) is 0 Å². The Morgan fingerprint density at radius 2 is 1.95 bits per heavy atom. The fourth-order valence-corrected chi connectivity index (χ4v) is 2.27. The number of nitrogens with zero attached hydrogens (tertiary/aromatic N) is 1. The molecule has 0 aliphatic heterocycles. The first-order chi connectivity index (χ1) is 10.2. The fraction of sp³-hybridized carbons (Fsp3) is 0.235. The Hall–Kier alpha value is -2.49. The van der Waals surface area contributed by atoms with Gasteiger partial charge in [0.05, 0.1) is 5.92 Å². The van der Waals surface area contributed by atoms with E-state index in [2.05, 4.69) is 29.5 Å². The summed E-state index contributed by atoms with van der Waals surface area (Å²) in [6.07, 6.45) is 0.998. The van der Waals surface area contributed by atoms with Gasteiger partial charge in [0.25, 0.3) is 0 Å². The van der Waals surface area contributed by atoms with Crippen LogP contribution >= 0.6 is 0 Å². The zero-order valence-corrected chi connectivity index (χ0v) is 12.2. The molecule has 0 radical (unpaired) electrons. The van der Waals surface area contributed by atoms with Crippen molar-refractivity contribution in [2.45, 2.75) is 19.3 Å². The Morgan fingerprint density at radius 3 is 2.62 bits per heavy atom. The number of hydrogen-bond donors (Lipinski definition) is 3. The molecular weight excluding hydrogens is 262 g/mol. The first-order valence-corrected chi connectivity index (χ1v) is 7.09. The molecule has 2 aromatic rings. The van der Waals surface area contributed by atoms with Gasteiger partial charge in [-0.15, -0.1) is 0 Å². The average molecular weight is 283 g/mol. The fourth-order valence-electron chi connectivity index (χ4n) is 2.27. The number of nitrogens with two attached hydrogens (primary N) is 1. The smallest absolute Gasteiger partial charge is 0.148 e. The SMILES string of the molecule is CCc1cccc(NCC(C(N)=NO)c2ccccc2)c1. The normalized spacial score (nSPS) is 12.9. The third kappa shape index (κ3) is 3.99. The summed E-state index contributed by atoms with van der Waals surface area (Å²) < 4.78 is 0. The maximum absolute atomic E-state index is 8.98. The van der Waals surface area contributed by atoms with Crippen LogP contribution < -0.4 is 11.1 Å². The molecule has 0 bridgehead atoms. The zero-order chi connectivity index (χ0) is 15.1. The lowest BCUT2D eigenvalue weighted by Crippen LogP contribution is -2.28. The Labute approximate surface area is 125 Å². The average Bonchev–Trinajstić information content (AvgIpc) is 2.56. The van der Waals surface area contributed by atoms with Crippen molar-refractivity contribution < 1.29 is 5.21 Å². The molecule has 4 N–H and O–H groups in total. The minimum Gasteiger partial charge on any atom is -0.409 e. The minimum absolute atomic E-state index is 0.165. The Balaban J connectivity index is 2.13. The second-order valence-electron chi connectivity index (χ2n) is 4.92. The van der Waals surface area contributed by atoms with Crippen molar-refractivity contribution in [2.75, 3.05) is 11.9 Å².